The summed E-state index contributed by atoms with van der Waals surface area (Å²) in [5.74, 6) is 0.519. The summed E-state index contributed by atoms with van der Waals surface area (Å²) in [7, 11) is 0. The van der Waals surface area contributed by atoms with E-state index in [0.29, 0.717) is 10.5 Å². The second-order valence-electron chi connectivity index (χ2n) is 1.61. The Morgan fingerprint density at radius 1 is 1.67 bits per heavy atom. The molecular weight excluding hydrogens is 116 g/mol. The van der Waals surface area contributed by atoms with Crippen LogP contribution >= 0.6 is 0 Å². The summed E-state index contributed by atoms with van der Waals surface area (Å²) in [6.45, 7) is 0. The van der Waals surface area contributed by atoms with E-state index in [9.17, 15) is 0 Å². The SMILES string of the molecule is O[C](=[Cr])C1CC1. The summed E-state index contributed by atoms with van der Waals surface area (Å²) in [4.78, 5) is 0. The summed E-state index contributed by atoms with van der Waals surface area (Å²) in [5, 5.41) is 8.55. The van der Waals surface area contributed by atoms with Gasteiger partial charge in [-0.3, -0.25) is 0 Å². The van der Waals surface area contributed by atoms with Gasteiger partial charge in [-0.05, 0) is 0 Å². The third kappa shape index (κ3) is 0.910. The van der Waals surface area contributed by atoms with Gasteiger partial charge in [0.25, 0.3) is 0 Å². The third-order valence-corrected chi connectivity index (χ3v) is 1.45. The van der Waals surface area contributed by atoms with Gasteiger partial charge in [0.2, 0.25) is 0 Å². The first-order chi connectivity index (χ1) is 2.80. The van der Waals surface area contributed by atoms with Crippen molar-refractivity contribution >= 4 is 4.57 Å². The van der Waals surface area contributed by atoms with Gasteiger partial charge in [0.05, 0.1) is 0 Å². The van der Waals surface area contributed by atoms with Crippen LogP contribution in [0.5, 0.6) is 0 Å². The Kier molecular flexibility index (Phi) is 1.10. The van der Waals surface area contributed by atoms with Gasteiger partial charge in [-0.15, -0.1) is 0 Å². The van der Waals surface area contributed by atoms with E-state index < -0.39 is 0 Å². The van der Waals surface area contributed by atoms with Gasteiger partial charge in [-0.1, -0.05) is 0 Å². The summed E-state index contributed by atoms with van der Waals surface area (Å²) in [6, 6.07) is 0. The normalized spacial score (nSPS) is 20.8. The zero-order valence-corrected chi connectivity index (χ0v) is 4.62. The topological polar surface area (TPSA) is 20.2 Å². The van der Waals surface area contributed by atoms with E-state index in [2.05, 4.69) is 15.9 Å². The molecule has 0 heterocycles. The van der Waals surface area contributed by atoms with Crippen molar-refractivity contribution in [3.63, 3.8) is 0 Å². The molecule has 0 aromatic heterocycles. The van der Waals surface area contributed by atoms with E-state index in [-0.39, 0.29) is 0 Å². The van der Waals surface area contributed by atoms with Crippen LogP contribution in [0.3, 0.4) is 0 Å². The molecule has 1 aliphatic rings. The van der Waals surface area contributed by atoms with Crippen LogP contribution in [0.25, 0.3) is 0 Å². The average molecular weight is 122 g/mol. The van der Waals surface area contributed by atoms with Crippen LogP contribution in [0.2, 0.25) is 0 Å². The number of aliphatic hydroxyl groups is 1. The fourth-order valence-electron chi connectivity index (χ4n) is 0.330. The molecule has 1 rings (SSSR count). The molecule has 0 saturated heterocycles. The van der Waals surface area contributed by atoms with Crippen LogP contribution in [0.4, 0.5) is 0 Å². The van der Waals surface area contributed by atoms with Crippen LogP contribution in [-0.4, -0.2) is 9.67 Å². The van der Waals surface area contributed by atoms with Crippen molar-refractivity contribution in [2.75, 3.05) is 0 Å². The van der Waals surface area contributed by atoms with Crippen LogP contribution in [0.1, 0.15) is 12.8 Å². The average Bonchev–Trinajstić information content (AvgIpc) is 2.06. The van der Waals surface area contributed by atoms with Crippen molar-refractivity contribution in [3.8, 4) is 0 Å². The van der Waals surface area contributed by atoms with Crippen LogP contribution < -0.4 is 0 Å². The van der Waals surface area contributed by atoms with Gasteiger partial charge in [0.15, 0.2) is 0 Å². The predicted molar refractivity (Wildman–Crippen MR) is 19.7 cm³/mol. The fourth-order valence-corrected chi connectivity index (χ4v) is 0.698. The Hall–Kier alpha value is 0.362. The molecule has 1 nitrogen and oxygen atoms in total. The van der Waals surface area contributed by atoms with Crippen molar-refractivity contribution in [3.05, 3.63) is 0 Å². The van der Waals surface area contributed by atoms with Gasteiger partial charge in [0, 0.05) is 0 Å². The van der Waals surface area contributed by atoms with Crippen molar-refractivity contribution in [1.82, 2.24) is 0 Å². The van der Waals surface area contributed by atoms with Crippen molar-refractivity contribution < 1.29 is 21.0 Å². The Labute approximate surface area is 44.9 Å². The zero-order valence-electron chi connectivity index (χ0n) is 3.35. The second kappa shape index (κ2) is 1.46. The molecule has 0 radical (unpaired) electrons. The van der Waals surface area contributed by atoms with Crippen LogP contribution in [0.15, 0.2) is 0 Å². The molecule has 6 heavy (non-hydrogen) atoms. The molecule has 1 N–H and O–H groups in total. The van der Waals surface area contributed by atoms with Crippen molar-refractivity contribution in [2.45, 2.75) is 12.8 Å². The van der Waals surface area contributed by atoms with Gasteiger partial charge >= 0.3 is 44.3 Å². The minimum absolute atomic E-state index is 0.495. The number of hydrogen-bond donors (Lipinski definition) is 1. The van der Waals surface area contributed by atoms with Gasteiger partial charge in [-0.2, -0.15) is 0 Å². The van der Waals surface area contributed by atoms with Crippen LogP contribution in [0, 0.1) is 5.92 Å². The molecule has 0 aromatic carbocycles. The molecular formula is C4H6CrO. The Balaban J connectivity index is 2.31. The maximum atomic E-state index is 8.55. The molecule has 0 atom stereocenters. The first-order valence-electron chi connectivity index (χ1n) is 2.03. The second-order valence-corrected chi connectivity index (χ2v) is 2.27. The molecule has 0 aromatic rings. The monoisotopic (exact) mass is 122 g/mol. The standard InChI is InChI=1S/C4H6O.Cr/c5-3-4-1-2-4;/h4-5H,1-2H2;. The van der Waals surface area contributed by atoms with E-state index in [1.54, 1.807) is 0 Å². The summed E-state index contributed by atoms with van der Waals surface area (Å²) >= 11 is 2.57. The van der Waals surface area contributed by atoms with Gasteiger partial charge in [-0.25, -0.2) is 0 Å². The van der Waals surface area contributed by atoms with E-state index in [1.807, 2.05) is 0 Å². The molecule has 1 aliphatic carbocycles. The van der Waals surface area contributed by atoms with Crippen LogP contribution in [-0.2, 0) is 15.9 Å². The first-order valence-corrected chi connectivity index (χ1v) is 2.67. The molecule has 34 valence electrons. The predicted octanol–water partition coefficient (Wildman–Crippen LogP) is 0.446. The fraction of sp³-hybridized carbons (Fsp3) is 0.750. The first kappa shape index (κ1) is 4.52. The van der Waals surface area contributed by atoms with E-state index >= 15 is 0 Å². The minimum atomic E-state index is 0.495. The summed E-state index contributed by atoms with van der Waals surface area (Å²) in [5.41, 5.74) is 0. The summed E-state index contributed by atoms with van der Waals surface area (Å²) in [6.07, 6.45) is 2.36. The Morgan fingerprint density at radius 3 is 2.17 bits per heavy atom. The molecule has 0 aliphatic heterocycles. The molecule has 0 bridgehead atoms. The molecule has 0 amide bonds. The Bertz CT molecular complexity index is 75.6. The molecule has 1 fully saturated rings. The molecule has 0 spiro atoms. The quantitative estimate of drug-likeness (QED) is 0.535. The van der Waals surface area contributed by atoms with E-state index in [1.165, 1.54) is 12.8 Å². The van der Waals surface area contributed by atoms with Gasteiger partial charge < -0.3 is 0 Å². The van der Waals surface area contributed by atoms with E-state index in [4.69, 9.17) is 5.11 Å². The number of rotatable bonds is 1. The van der Waals surface area contributed by atoms with Crippen molar-refractivity contribution in [1.29, 1.82) is 0 Å². The summed E-state index contributed by atoms with van der Waals surface area (Å²) < 4.78 is 0.495. The van der Waals surface area contributed by atoms with Crippen molar-refractivity contribution in [2.24, 2.45) is 5.92 Å². The third-order valence-electron chi connectivity index (χ3n) is 0.927. The zero-order chi connectivity index (χ0) is 4.57. The molecule has 2 heteroatoms. The maximum absolute atomic E-state index is 8.55. The number of hydrogen-bond acceptors (Lipinski definition) is 1. The number of aliphatic hydroxyl groups excluding tert-OH is 1. The molecule has 0 unspecified atom stereocenters. The Morgan fingerprint density at radius 2 is 2.17 bits per heavy atom. The van der Waals surface area contributed by atoms with E-state index in [0.717, 1.165) is 0 Å². The van der Waals surface area contributed by atoms with Gasteiger partial charge in [0.1, 0.15) is 0 Å². The molecule has 1 saturated carbocycles.